The van der Waals surface area contributed by atoms with Gasteiger partial charge in [0.25, 0.3) is 0 Å². The number of benzene rings is 1. The molecule has 3 nitrogen and oxygen atoms in total. The monoisotopic (exact) mass is 305 g/mol. The second-order valence-electron chi connectivity index (χ2n) is 6.06. The fourth-order valence-electron chi connectivity index (χ4n) is 3.28. The first-order chi connectivity index (χ1) is 10.6. The molecule has 22 heavy (non-hydrogen) atoms. The first-order valence-corrected chi connectivity index (χ1v) is 7.82. The maximum atomic E-state index is 13.9. The van der Waals surface area contributed by atoms with Gasteiger partial charge in [-0.2, -0.15) is 5.10 Å². The van der Waals surface area contributed by atoms with Gasteiger partial charge in [0.1, 0.15) is 11.5 Å². The van der Waals surface area contributed by atoms with Crippen molar-refractivity contribution < 1.29 is 8.78 Å². The molecule has 0 unspecified atom stereocenters. The molecule has 1 aromatic heterocycles. The summed E-state index contributed by atoms with van der Waals surface area (Å²) in [6.07, 6.45) is 6.76. The van der Waals surface area contributed by atoms with E-state index in [0.29, 0.717) is 6.04 Å². The lowest BCUT2D eigenvalue weighted by Crippen LogP contribution is -2.29. The van der Waals surface area contributed by atoms with E-state index in [1.165, 1.54) is 42.5 Å². The van der Waals surface area contributed by atoms with E-state index in [-0.39, 0.29) is 11.7 Å². The van der Waals surface area contributed by atoms with Crippen LogP contribution in [-0.2, 0) is 0 Å². The Balaban J connectivity index is 1.84. The number of halogens is 2. The average molecular weight is 305 g/mol. The van der Waals surface area contributed by atoms with Crippen LogP contribution in [0.1, 0.15) is 49.9 Å². The van der Waals surface area contributed by atoms with E-state index in [4.69, 9.17) is 0 Å². The summed E-state index contributed by atoms with van der Waals surface area (Å²) in [6, 6.07) is 4.28. The first-order valence-electron chi connectivity index (χ1n) is 7.82. The molecule has 0 bridgehead atoms. The Hall–Kier alpha value is -1.75. The Morgan fingerprint density at radius 1 is 1.27 bits per heavy atom. The molecule has 0 spiro atoms. The Bertz CT molecular complexity index is 660. The zero-order valence-corrected chi connectivity index (χ0v) is 12.9. The van der Waals surface area contributed by atoms with Crippen molar-refractivity contribution in [2.75, 3.05) is 0 Å². The normalized spacial score (nSPS) is 17.1. The van der Waals surface area contributed by atoms with Gasteiger partial charge in [0.15, 0.2) is 5.82 Å². The van der Waals surface area contributed by atoms with Gasteiger partial charge in [0.05, 0.1) is 6.20 Å². The van der Waals surface area contributed by atoms with E-state index >= 15 is 0 Å². The average Bonchev–Trinajstić information content (AvgIpc) is 3.09. The summed E-state index contributed by atoms with van der Waals surface area (Å²) in [5.41, 5.74) is 2.21. The van der Waals surface area contributed by atoms with Crippen molar-refractivity contribution in [3.63, 3.8) is 0 Å². The number of nitrogens with zero attached hydrogens (tertiary/aromatic N) is 2. The minimum absolute atomic E-state index is 0.167. The summed E-state index contributed by atoms with van der Waals surface area (Å²) >= 11 is 0. The van der Waals surface area contributed by atoms with Crippen LogP contribution in [0.25, 0.3) is 5.69 Å². The molecule has 1 fully saturated rings. The van der Waals surface area contributed by atoms with Gasteiger partial charge in [-0.3, -0.25) is 0 Å². The number of hydrogen-bond acceptors (Lipinski definition) is 2. The number of nitrogens with one attached hydrogen (secondary N) is 1. The van der Waals surface area contributed by atoms with Gasteiger partial charge < -0.3 is 5.32 Å². The molecule has 1 aliphatic rings. The van der Waals surface area contributed by atoms with E-state index in [2.05, 4.69) is 17.3 Å². The van der Waals surface area contributed by atoms with Gasteiger partial charge in [-0.05, 0) is 38.8 Å². The Labute approximate surface area is 129 Å². The van der Waals surface area contributed by atoms with Crippen LogP contribution >= 0.6 is 0 Å². The van der Waals surface area contributed by atoms with Crippen LogP contribution in [0.5, 0.6) is 0 Å². The fraction of sp³-hybridized carbons (Fsp3) is 0.471. The van der Waals surface area contributed by atoms with Crippen molar-refractivity contribution >= 4 is 0 Å². The molecule has 118 valence electrons. The highest BCUT2D eigenvalue weighted by Crippen LogP contribution is 2.25. The Kier molecular flexibility index (Phi) is 4.25. The summed E-state index contributed by atoms with van der Waals surface area (Å²) in [5.74, 6) is -1.18. The van der Waals surface area contributed by atoms with E-state index in [9.17, 15) is 8.78 Å². The summed E-state index contributed by atoms with van der Waals surface area (Å²) < 4.78 is 28.5. The molecule has 2 aromatic rings. The lowest BCUT2D eigenvalue weighted by molar-refractivity contribution is 0.460. The zero-order valence-electron chi connectivity index (χ0n) is 12.9. The van der Waals surface area contributed by atoms with Gasteiger partial charge in [0.2, 0.25) is 0 Å². The maximum Gasteiger partial charge on any atom is 0.151 e. The maximum absolute atomic E-state index is 13.9. The number of hydrogen-bond donors (Lipinski definition) is 1. The topological polar surface area (TPSA) is 29.9 Å². The quantitative estimate of drug-likeness (QED) is 0.923. The number of rotatable bonds is 4. The lowest BCUT2D eigenvalue weighted by atomic mass is 10.1. The molecule has 1 aromatic carbocycles. The van der Waals surface area contributed by atoms with Crippen molar-refractivity contribution in [2.45, 2.75) is 51.6 Å². The van der Waals surface area contributed by atoms with Crippen LogP contribution in [0.2, 0.25) is 0 Å². The third-order valence-electron chi connectivity index (χ3n) is 4.49. The largest absolute Gasteiger partial charge is 0.307 e. The first kappa shape index (κ1) is 15.2. The van der Waals surface area contributed by atoms with E-state index in [1.807, 2.05) is 6.92 Å². The third kappa shape index (κ3) is 2.90. The molecule has 0 aliphatic heterocycles. The highest BCUT2D eigenvalue weighted by atomic mass is 19.1. The molecule has 1 N–H and O–H groups in total. The molecular formula is C17H21F2N3. The molecule has 3 rings (SSSR count). The minimum Gasteiger partial charge on any atom is -0.307 e. The standard InChI is InChI=1S/C17H21F2N3/c1-11(21-14-5-3-4-6-14)15-10-20-22(12(15)2)17-8-7-13(18)9-16(17)19/h7-11,14,21H,3-6H2,1-2H3/t11-/m0/s1. The molecule has 1 atom stereocenters. The van der Waals surface area contributed by atoms with Crippen molar-refractivity contribution in [3.8, 4) is 5.69 Å². The molecule has 1 aliphatic carbocycles. The van der Waals surface area contributed by atoms with Gasteiger partial charge >= 0.3 is 0 Å². The van der Waals surface area contributed by atoms with E-state index in [1.54, 1.807) is 6.20 Å². The summed E-state index contributed by atoms with van der Waals surface area (Å²) in [7, 11) is 0. The zero-order chi connectivity index (χ0) is 15.7. The number of aromatic nitrogens is 2. The highest BCUT2D eigenvalue weighted by molar-refractivity contribution is 5.37. The Morgan fingerprint density at radius 3 is 2.68 bits per heavy atom. The summed E-state index contributed by atoms with van der Waals surface area (Å²) in [4.78, 5) is 0. The molecule has 1 saturated carbocycles. The van der Waals surface area contributed by atoms with Crippen molar-refractivity contribution in [2.24, 2.45) is 0 Å². The van der Waals surface area contributed by atoms with Crippen LogP contribution in [0.4, 0.5) is 8.78 Å². The molecule has 0 radical (unpaired) electrons. The van der Waals surface area contributed by atoms with Gasteiger partial charge in [-0.15, -0.1) is 0 Å². The van der Waals surface area contributed by atoms with E-state index < -0.39 is 11.6 Å². The second kappa shape index (κ2) is 6.16. The van der Waals surface area contributed by atoms with Crippen molar-refractivity contribution in [1.82, 2.24) is 15.1 Å². The predicted octanol–water partition coefficient (Wildman–Crippen LogP) is 4.05. The Morgan fingerprint density at radius 2 is 2.00 bits per heavy atom. The summed E-state index contributed by atoms with van der Waals surface area (Å²) in [6.45, 7) is 4.02. The van der Waals surface area contributed by atoms with Crippen molar-refractivity contribution in [1.29, 1.82) is 0 Å². The molecule has 1 heterocycles. The van der Waals surface area contributed by atoms with Gasteiger partial charge in [0, 0.05) is 29.4 Å². The summed E-state index contributed by atoms with van der Waals surface area (Å²) in [5, 5.41) is 7.90. The molecule has 5 heteroatoms. The van der Waals surface area contributed by atoms with Crippen LogP contribution < -0.4 is 5.32 Å². The second-order valence-corrected chi connectivity index (χ2v) is 6.06. The molecule has 0 saturated heterocycles. The smallest absolute Gasteiger partial charge is 0.151 e. The minimum atomic E-state index is -0.603. The lowest BCUT2D eigenvalue weighted by Gasteiger charge is -2.19. The van der Waals surface area contributed by atoms with Crippen LogP contribution in [0.3, 0.4) is 0 Å². The van der Waals surface area contributed by atoms with Gasteiger partial charge in [-0.1, -0.05) is 12.8 Å². The molecule has 0 amide bonds. The van der Waals surface area contributed by atoms with Crippen LogP contribution in [0.15, 0.2) is 24.4 Å². The fourth-order valence-corrected chi connectivity index (χ4v) is 3.28. The van der Waals surface area contributed by atoms with Crippen molar-refractivity contribution in [3.05, 3.63) is 47.3 Å². The third-order valence-corrected chi connectivity index (χ3v) is 4.49. The van der Waals surface area contributed by atoms with Crippen LogP contribution in [-0.4, -0.2) is 15.8 Å². The van der Waals surface area contributed by atoms with Gasteiger partial charge in [-0.25, -0.2) is 13.5 Å². The van der Waals surface area contributed by atoms with E-state index in [0.717, 1.165) is 17.3 Å². The predicted molar refractivity (Wildman–Crippen MR) is 82.0 cm³/mol. The SMILES string of the molecule is Cc1c([C@H](C)NC2CCCC2)cnn1-c1ccc(F)cc1F. The highest BCUT2D eigenvalue weighted by Gasteiger charge is 2.21. The molecular weight excluding hydrogens is 284 g/mol. The van der Waals surface area contributed by atoms with Crippen LogP contribution in [0, 0.1) is 18.6 Å².